The lowest BCUT2D eigenvalue weighted by molar-refractivity contribution is -0.236. The normalized spacial score (nSPS) is 29.5. The lowest BCUT2D eigenvalue weighted by Gasteiger charge is -2.54. The molecule has 1 aliphatic rings. The summed E-state index contributed by atoms with van der Waals surface area (Å²) in [5, 5.41) is 37.8. The molecule has 33 heavy (non-hydrogen) atoms. The Morgan fingerprint density at radius 1 is 1.09 bits per heavy atom. The number of aryl methyl sites for hydroxylation is 3. The SMILES string of the molecule is CC(=O)[C@]1(O)[C@@](O)(C(C)=O)CS[C@H](Oc2c(C)ccnc2-c2c(C)noc2C)[C@@]1(O)C(C)=O. The van der Waals surface area contributed by atoms with E-state index in [0.717, 1.165) is 32.5 Å². The number of carbonyl (C=O) groups excluding carboxylic acids is 3. The van der Waals surface area contributed by atoms with Crippen molar-refractivity contribution in [3.05, 3.63) is 29.3 Å². The van der Waals surface area contributed by atoms with Crippen molar-refractivity contribution >= 4 is 29.1 Å². The van der Waals surface area contributed by atoms with Crippen LogP contribution in [0.25, 0.3) is 11.3 Å². The Balaban J connectivity index is 2.21. The van der Waals surface area contributed by atoms with Crippen LogP contribution in [0.15, 0.2) is 16.8 Å². The predicted molar refractivity (Wildman–Crippen MR) is 118 cm³/mol. The molecule has 0 aliphatic carbocycles. The number of rotatable bonds is 6. The smallest absolute Gasteiger partial charge is 0.208 e. The van der Waals surface area contributed by atoms with Gasteiger partial charge in [0, 0.05) is 11.9 Å². The largest absolute Gasteiger partial charge is 0.474 e. The van der Waals surface area contributed by atoms with Crippen molar-refractivity contribution in [1.29, 1.82) is 0 Å². The van der Waals surface area contributed by atoms with Gasteiger partial charge in [0.15, 0.2) is 39.7 Å². The molecule has 3 rings (SSSR count). The molecule has 0 saturated carbocycles. The number of hydrogen-bond acceptors (Lipinski definition) is 11. The van der Waals surface area contributed by atoms with E-state index in [4.69, 9.17) is 9.26 Å². The molecule has 3 N–H and O–H groups in total. The molecule has 178 valence electrons. The molecule has 4 atom stereocenters. The van der Waals surface area contributed by atoms with Crippen LogP contribution in [0, 0.1) is 20.8 Å². The van der Waals surface area contributed by atoms with Crippen LogP contribution in [0.3, 0.4) is 0 Å². The first kappa shape index (κ1) is 25.0. The number of carbonyl (C=O) groups is 3. The van der Waals surface area contributed by atoms with Crippen molar-refractivity contribution in [1.82, 2.24) is 10.1 Å². The highest BCUT2D eigenvalue weighted by Gasteiger charge is 2.75. The molecular weight excluding hydrogens is 452 g/mol. The average molecular weight is 479 g/mol. The minimum atomic E-state index is -3.15. The molecular formula is C22H26N2O8S. The van der Waals surface area contributed by atoms with E-state index < -0.39 is 45.3 Å². The van der Waals surface area contributed by atoms with Gasteiger partial charge in [-0.05, 0) is 53.2 Å². The maximum absolute atomic E-state index is 12.7. The third kappa shape index (κ3) is 3.41. The van der Waals surface area contributed by atoms with Gasteiger partial charge in [-0.1, -0.05) is 5.16 Å². The van der Waals surface area contributed by atoms with Gasteiger partial charge in [-0.2, -0.15) is 0 Å². The van der Waals surface area contributed by atoms with Crippen LogP contribution in [0.1, 0.15) is 37.8 Å². The lowest BCUT2D eigenvalue weighted by atomic mass is 9.65. The van der Waals surface area contributed by atoms with Crippen LogP contribution in [-0.4, -0.2) is 70.8 Å². The van der Waals surface area contributed by atoms with Crippen LogP contribution in [0.2, 0.25) is 0 Å². The molecule has 0 radical (unpaired) electrons. The van der Waals surface area contributed by atoms with Crippen molar-refractivity contribution < 1.29 is 39.0 Å². The highest BCUT2D eigenvalue weighted by molar-refractivity contribution is 8.00. The molecule has 0 aromatic carbocycles. The van der Waals surface area contributed by atoms with Gasteiger partial charge in [0.2, 0.25) is 5.60 Å². The van der Waals surface area contributed by atoms with Crippen molar-refractivity contribution in [3.63, 3.8) is 0 Å². The molecule has 0 unspecified atom stereocenters. The van der Waals surface area contributed by atoms with Gasteiger partial charge < -0.3 is 24.6 Å². The van der Waals surface area contributed by atoms with Crippen molar-refractivity contribution in [3.8, 4) is 17.0 Å². The first-order valence-corrected chi connectivity index (χ1v) is 11.2. The molecule has 0 amide bonds. The Morgan fingerprint density at radius 3 is 2.21 bits per heavy atom. The Morgan fingerprint density at radius 2 is 1.73 bits per heavy atom. The second kappa shape index (κ2) is 8.32. The van der Waals surface area contributed by atoms with Crippen LogP contribution >= 0.6 is 11.8 Å². The zero-order valence-electron chi connectivity index (χ0n) is 19.1. The molecule has 3 heterocycles. The molecule has 2 aromatic rings. The van der Waals surface area contributed by atoms with Crippen LogP contribution in [0.5, 0.6) is 5.75 Å². The summed E-state index contributed by atoms with van der Waals surface area (Å²) in [5.74, 6) is -3.07. The Kier molecular flexibility index (Phi) is 6.31. The van der Waals surface area contributed by atoms with Gasteiger partial charge >= 0.3 is 0 Å². The number of ketones is 3. The summed E-state index contributed by atoms with van der Waals surface area (Å²) in [7, 11) is 0. The number of thioether (sulfide) groups is 1. The van der Waals surface area contributed by atoms with Gasteiger partial charge in [0.05, 0.1) is 11.3 Å². The molecule has 11 heteroatoms. The summed E-state index contributed by atoms with van der Waals surface area (Å²) in [5.41, 5.74) is -8.42. The first-order chi connectivity index (χ1) is 15.2. The van der Waals surface area contributed by atoms with Crippen LogP contribution in [0.4, 0.5) is 0 Å². The number of nitrogens with zero attached hydrogens (tertiary/aromatic N) is 2. The van der Waals surface area contributed by atoms with Gasteiger partial charge in [-0.25, -0.2) is 0 Å². The average Bonchev–Trinajstić information content (AvgIpc) is 3.07. The van der Waals surface area contributed by atoms with Crippen LogP contribution in [-0.2, 0) is 14.4 Å². The zero-order chi connectivity index (χ0) is 24.9. The predicted octanol–water partition coefficient (Wildman–Crippen LogP) is 1.07. The number of hydrogen-bond donors (Lipinski definition) is 3. The van der Waals surface area contributed by atoms with Crippen molar-refractivity contribution in [2.45, 2.75) is 63.8 Å². The maximum atomic E-state index is 12.7. The molecule has 2 aromatic heterocycles. The van der Waals surface area contributed by atoms with Gasteiger partial charge in [-0.15, -0.1) is 11.8 Å². The highest BCUT2D eigenvalue weighted by atomic mass is 32.2. The van der Waals surface area contributed by atoms with E-state index in [9.17, 15) is 29.7 Å². The molecule has 0 bridgehead atoms. The number of aromatic nitrogens is 2. The van der Waals surface area contributed by atoms with Crippen molar-refractivity contribution in [2.75, 3.05) is 5.75 Å². The fourth-order valence-electron chi connectivity index (χ4n) is 4.16. The van der Waals surface area contributed by atoms with E-state index >= 15 is 0 Å². The van der Waals surface area contributed by atoms with Gasteiger partial charge in [-0.3, -0.25) is 19.4 Å². The summed E-state index contributed by atoms with van der Waals surface area (Å²) in [6.07, 6.45) is 1.54. The molecule has 1 aliphatic heterocycles. The number of aliphatic hydroxyl groups is 3. The van der Waals surface area contributed by atoms with E-state index in [1.807, 2.05) is 0 Å². The highest BCUT2D eigenvalue weighted by Crippen LogP contribution is 2.50. The topological polar surface area (TPSA) is 160 Å². The van der Waals surface area contributed by atoms with E-state index in [0.29, 0.717) is 28.3 Å². The molecule has 0 spiro atoms. The molecule has 1 saturated heterocycles. The fraction of sp³-hybridized carbons (Fsp3) is 0.500. The summed E-state index contributed by atoms with van der Waals surface area (Å²) < 4.78 is 11.3. The standard InChI is InChI=1S/C22H26N2O8S/c1-10-7-8-23-17(16-11(2)24-32-12(16)3)18(10)31-19-21(29,14(5)26)22(30,15(6)27)20(28,9-33-19)13(4)25/h7-8,19,28-30H,9H2,1-6H3/t19-,20-,21-,22-/m0/s1. The number of Topliss-reactive ketones (excluding diaryl/α,β-unsaturated/α-hetero) is 3. The number of pyridine rings is 1. The molecule has 10 nitrogen and oxygen atoms in total. The van der Waals surface area contributed by atoms with E-state index in [-0.39, 0.29) is 5.75 Å². The summed E-state index contributed by atoms with van der Waals surface area (Å²) >= 11 is 0.728. The third-order valence-corrected chi connectivity index (χ3v) is 7.48. The van der Waals surface area contributed by atoms with Crippen molar-refractivity contribution in [2.24, 2.45) is 0 Å². The zero-order valence-corrected chi connectivity index (χ0v) is 19.9. The van der Waals surface area contributed by atoms with Gasteiger partial charge in [0.1, 0.15) is 11.5 Å². The molecule has 1 fully saturated rings. The number of ether oxygens (including phenoxy) is 1. The maximum Gasteiger partial charge on any atom is 0.208 e. The van der Waals surface area contributed by atoms with Gasteiger partial charge in [0.25, 0.3) is 0 Å². The van der Waals surface area contributed by atoms with E-state index in [1.54, 1.807) is 26.8 Å². The first-order valence-electron chi connectivity index (χ1n) is 10.1. The Hall–Kier alpha value is -2.60. The lowest BCUT2D eigenvalue weighted by Crippen LogP contribution is -2.82. The second-order valence-electron chi connectivity index (χ2n) is 8.27. The van der Waals surface area contributed by atoms with E-state index in [2.05, 4.69) is 10.1 Å². The summed E-state index contributed by atoms with van der Waals surface area (Å²) in [6, 6.07) is 1.64. The summed E-state index contributed by atoms with van der Waals surface area (Å²) in [6.45, 7) is 7.91. The summed E-state index contributed by atoms with van der Waals surface area (Å²) in [4.78, 5) is 42.0. The monoisotopic (exact) mass is 478 g/mol. The van der Waals surface area contributed by atoms with Crippen LogP contribution < -0.4 is 4.74 Å². The Bertz CT molecular complexity index is 1130. The minimum absolute atomic E-state index is 0.156. The second-order valence-corrected chi connectivity index (χ2v) is 9.32. The van der Waals surface area contributed by atoms with E-state index in [1.165, 1.54) is 6.20 Å². The quantitative estimate of drug-likeness (QED) is 0.545. The minimum Gasteiger partial charge on any atom is -0.474 e. The fourth-order valence-corrected chi connectivity index (χ4v) is 5.71. The third-order valence-electron chi connectivity index (χ3n) is 6.16. The Labute approximate surface area is 194 Å².